The lowest BCUT2D eigenvalue weighted by atomic mass is 9.79. The van der Waals surface area contributed by atoms with E-state index in [2.05, 4.69) is 32.6 Å². The summed E-state index contributed by atoms with van der Waals surface area (Å²) in [5.74, 6) is 1.32. The Kier molecular flexibility index (Phi) is 6.21. The smallest absolute Gasteiger partial charge is 0.492 e. The molecule has 2 fully saturated rings. The van der Waals surface area contributed by atoms with Crippen molar-refractivity contribution in [3.05, 3.63) is 24.3 Å². The molecule has 5 nitrogen and oxygen atoms in total. The second-order valence-electron chi connectivity index (χ2n) is 8.93. The number of piperidine rings is 1. The summed E-state index contributed by atoms with van der Waals surface area (Å²) in [6, 6.07) is 8.01. The first-order valence-electron chi connectivity index (χ1n) is 10.2. The fourth-order valence-electron chi connectivity index (χ4n) is 3.65. The summed E-state index contributed by atoms with van der Waals surface area (Å²) >= 11 is 0. The van der Waals surface area contributed by atoms with E-state index in [1.54, 1.807) is 0 Å². The Morgan fingerprint density at radius 3 is 2.19 bits per heavy atom. The van der Waals surface area contributed by atoms with Crippen molar-refractivity contribution in [1.29, 1.82) is 0 Å². The molecule has 0 bridgehead atoms. The molecule has 1 aromatic carbocycles. The lowest BCUT2D eigenvalue weighted by Crippen LogP contribution is -2.41. The van der Waals surface area contributed by atoms with E-state index >= 15 is 0 Å². The van der Waals surface area contributed by atoms with Gasteiger partial charge in [0.15, 0.2) is 0 Å². The Labute approximate surface area is 164 Å². The summed E-state index contributed by atoms with van der Waals surface area (Å²) in [7, 11) is -0.334. The second-order valence-corrected chi connectivity index (χ2v) is 8.93. The number of nitrogens with zero attached hydrogens (tertiary/aromatic N) is 1. The van der Waals surface area contributed by atoms with Gasteiger partial charge in [-0.15, -0.1) is 0 Å². The summed E-state index contributed by atoms with van der Waals surface area (Å²) in [4.78, 5) is 2.41. The molecule has 3 rings (SSSR count). The van der Waals surface area contributed by atoms with E-state index in [-0.39, 0.29) is 24.4 Å². The number of likely N-dealkylation sites (tertiary alicyclic amines) is 1. The lowest BCUT2D eigenvalue weighted by Gasteiger charge is -2.33. The van der Waals surface area contributed by atoms with Gasteiger partial charge in [-0.3, -0.25) is 4.90 Å². The maximum absolute atomic E-state index is 9.69. The van der Waals surface area contributed by atoms with Gasteiger partial charge in [0.2, 0.25) is 0 Å². The maximum atomic E-state index is 9.69. The van der Waals surface area contributed by atoms with Crippen LogP contribution in [0.5, 0.6) is 5.75 Å². The van der Waals surface area contributed by atoms with Crippen LogP contribution in [0.25, 0.3) is 0 Å². The topological polar surface area (TPSA) is 51.2 Å². The third kappa shape index (κ3) is 4.86. The molecule has 0 radical (unpaired) electrons. The second kappa shape index (κ2) is 8.12. The highest BCUT2D eigenvalue weighted by atomic mass is 16.7. The molecule has 1 atom stereocenters. The minimum Gasteiger partial charge on any atom is -0.492 e. The fraction of sp³-hybridized carbons (Fsp3) is 0.714. The zero-order valence-corrected chi connectivity index (χ0v) is 17.4. The lowest BCUT2D eigenvalue weighted by molar-refractivity contribution is 0.00578. The number of rotatable bonds is 6. The third-order valence-electron chi connectivity index (χ3n) is 6.40. The average Bonchev–Trinajstić information content (AvgIpc) is 2.83. The number of hydrogen-bond acceptors (Lipinski definition) is 5. The van der Waals surface area contributed by atoms with Gasteiger partial charge in [0.05, 0.1) is 17.3 Å². The quantitative estimate of drug-likeness (QED) is 0.775. The molecule has 2 saturated heterocycles. The molecule has 0 amide bonds. The highest BCUT2D eigenvalue weighted by molar-refractivity contribution is 6.62. The first kappa shape index (κ1) is 20.7. The van der Waals surface area contributed by atoms with E-state index < -0.39 is 0 Å². The molecule has 6 heteroatoms. The predicted octanol–water partition coefficient (Wildman–Crippen LogP) is 2.46. The van der Waals surface area contributed by atoms with Gasteiger partial charge in [-0.2, -0.15) is 0 Å². The van der Waals surface area contributed by atoms with Crippen molar-refractivity contribution in [2.75, 3.05) is 26.2 Å². The fourth-order valence-corrected chi connectivity index (χ4v) is 3.65. The first-order valence-corrected chi connectivity index (χ1v) is 10.2. The van der Waals surface area contributed by atoms with Crippen LogP contribution in [-0.4, -0.2) is 60.7 Å². The van der Waals surface area contributed by atoms with E-state index in [0.29, 0.717) is 12.5 Å². The molecule has 2 aliphatic heterocycles. The minimum absolute atomic E-state index is 0.189. The van der Waals surface area contributed by atoms with Crippen molar-refractivity contribution in [3.63, 3.8) is 0 Å². The van der Waals surface area contributed by atoms with E-state index in [0.717, 1.165) is 43.7 Å². The number of benzene rings is 1. The van der Waals surface area contributed by atoms with Gasteiger partial charge < -0.3 is 19.2 Å². The van der Waals surface area contributed by atoms with Crippen LogP contribution in [0.4, 0.5) is 0 Å². The van der Waals surface area contributed by atoms with Crippen LogP contribution in [-0.2, 0) is 9.31 Å². The standard InChI is InChI=1S/C21H34BNO4/c1-16(24)17-10-12-23(13-11-17)14-15-25-19-8-6-18(7-9-19)22-26-20(2,3)21(4,5)27-22/h6-9,16-17,24H,10-15H2,1-5H3. The van der Waals surface area contributed by atoms with Crippen LogP contribution in [0.15, 0.2) is 24.3 Å². The summed E-state index contributed by atoms with van der Waals surface area (Å²) in [6.07, 6.45) is 1.95. The highest BCUT2D eigenvalue weighted by Crippen LogP contribution is 2.36. The van der Waals surface area contributed by atoms with Crippen LogP contribution in [0.3, 0.4) is 0 Å². The Bertz CT molecular complexity index is 593. The first-order chi connectivity index (χ1) is 12.7. The SMILES string of the molecule is CC(O)C1CCN(CCOc2ccc(B3OC(C)(C)C(C)(C)O3)cc2)CC1. The van der Waals surface area contributed by atoms with Gasteiger partial charge in [0, 0.05) is 6.54 Å². The van der Waals surface area contributed by atoms with Crippen molar-refractivity contribution >= 4 is 12.6 Å². The summed E-state index contributed by atoms with van der Waals surface area (Å²) < 4.78 is 18.1. The van der Waals surface area contributed by atoms with Crippen molar-refractivity contribution in [3.8, 4) is 5.75 Å². The largest absolute Gasteiger partial charge is 0.494 e. The van der Waals surface area contributed by atoms with Gasteiger partial charge >= 0.3 is 7.12 Å². The minimum atomic E-state index is -0.334. The van der Waals surface area contributed by atoms with Crippen molar-refractivity contribution < 1.29 is 19.2 Å². The van der Waals surface area contributed by atoms with E-state index in [1.165, 1.54) is 0 Å². The summed E-state index contributed by atoms with van der Waals surface area (Å²) in [6.45, 7) is 13.8. The van der Waals surface area contributed by atoms with Crippen LogP contribution in [0.2, 0.25) is 0 Å². The van der Waals surface area contributed by atoms with Gasteiger partial charge in [0.25, 0.3) is 0 Å². The zero-order chi connectivity index (χ0) is 19.7. The molecule has 1 N–H and O–H groups in total. The van der Waals surface area contributed by atoms with E-state index in [4.69, 9.17) is 14.0 Å². The molecular formula is C21H34BNO4. The third-order valence-corrected chi connectivity index (χ3v) is 6.40. The Morgan fingerprint density at radius 2 is 1.67 bits per heavy atom. The van der Waals surface area contributed by atoms with E-state index in [1.807, 2.05) is 31.2 Å². The molecule has 0 aromatic heterocycles. The van der Waals surface area contributed by atoms with Crippen LogP contribution >= 0.6 is 0 Å². The van der Waals surface area contributed by atoms with Gasteiger partial charge in [0.1, 0.15) is 12.4 Å². The van der Waals surface area contributed by atoms with Gasteiger partial charge in [-0.05, 0) is 84.1 Å². The summed E-state index contributed by atoms with van der Waals surface area (Å²) in [5, 5.41) is 9.69. The Hall–Kier alpha value is -1.08. The molecule has 1 unspecified atom stereocenters. The van der Waals surface area contributed by atoms with Crippen LogP contribution < -0.4 is 10.2 Å². The number of ether oxygens (including phenoxy) is 1. The van der Waals surface area contributed by atoms with Crippen molar-refractivity contribution in [2.24, 2.45) is 5.92 Å². The van der Waals surface area contributed by atoms with Gasteiger partial charge in [-0.1, -0.05) is 12.1 Å². The van der Waals surface area contributed by atoms with Crippen LogP contribution in [0, 0.1) is 5.92 Å². The predicted molar refractivity (Wildman–Crippen MR) is 108 cm³/mol. The molecular weight excluding hydrogens is 341 g/mol. The molecule has 0 aliphatic carbocycles. The molecule has 150 valence electrons. The average molecular weight is 375 g/mol. The highest BCUT2D eigenvalue weighted by Gasteiger charge is 2.51. The molecule has 0 spiro atoms. The molecule has 2 heterocycles. The summed E-state index contributed by atoms with van der Waals surface area (Å²) in [5.41, 5.74) is 0.364. The molecule has 0 saturated carbocycles. The monoisotopic (exact) mass is 375 g/mol. The maximum Gasteiger partial charge on any atom is 0.494 e. The Morgan fingerprint density at radius 1 is 1.11 bits per heavy atom. The molecule has 2 aliphatic rings. The number of hydrogen-bond donors (Lipinski definition) is 1. The number of aliphatic hydroxyl groups is 1. The van der Waals surface area contributed by atoms with E-state index in [9.17, 15) is 5.11 Å². The van der Waals surface area contributed by atoms with Crippen molar-refractivity contribution in [2.45, 2.75) is 64.8 Å². The Balaban J connectivity index is 1.44. The number of aliphatic hydroxyl groups excluding tert-OH is 1. The van der Waals surface area contributed by atoms with Crippen molar-refractivity contribution in [1.82, 2.24) is 4.90 Å². The van der Waals surface area contributed by atoms with Gasteiger partial charge in [-0.25, -0.2) is 0 Å². The zero-order valence-electron chi connectivity index (χ0n) is 17.4. The molecule has 1 aromatic rings. The van der Waals surface area contributed by atoms with Crippen LogP contribution in [0.1, 0.15) is 47.5 Å². The normalized spacial score (nSPS) is 24.1. The molecule has 27 heavy (non-hydrogen) atoms.